The van der Waals surface area contributed by atoms with Gasteiger partial charge in [0, 0.05) is 5.54 Å². The highest BCUT2D eigenvalue weighted by atomic mass is 16.1. The van der Waals surface area contributed by atoms with Crippen molar-refractivity contribution in [1.82, 2.24) is 4.90 Å². The predicted molar refractivity (Wildman–Crippen MR) is 61.4 cm³/mol. The largest absolute Gasteiger partial charge is 0.295 e. The molecule has 0 N–H and O–H groups in total. The van der Waals surface area contributed by atoms with Crippen LogP contribution in [-0.4, -0.2) is 29.3 Å². The Kier molecular flexibility index (Phi) is 5.24. The highest BCUT2D eigenvalue weighted by Gasteiger charge is 2.23. The van der Waals surface area contributed by atoms with E-state index in [0.717, 1.165) is 13.1 Å². The second-order valence-corrected chi connectivity index (χ2v) is 4.05. The average Bonchev–Trinajstić information content (AvgIpc) is 2.15. The van der Waals surface area contributed by atoms with Gasteiger partial charge < -0.3 is 0 Å². The Bertz CT molecular complexity index is 293. The van der Waals surface area contributed by atoms with Crippen LogP contribution in [0.25, 0.3) is 0 Å². The molecular weight excluding hydrogens is 188 g/mol. The molecule has 0 aliphatic rings. The van der Waals surface area contributed by atoms with Gasteiger partial charge in [0.15, 0.2) is 5.78 Å². The fraction of sp³-hybridized carbons (Fsp3) is 0.667. The number of allylic oxidation sites excluding steroid dienone is 1. The molecular formula is C12H20N2O. The molecule has 0 bridgehead atoms. The van der Waals surface area contributed by atoms with Gasteiger partial charge in [-0.15, -0.1) is 0 Å². The zero-order valence-electron chi connectivity index (χ0n) is 10.3. The van der Waals surface area contributed by atoms with Crippen LogP contribution in [0, 0.1) is 11.3 Å². The molecule has 0 saturated carbocycles. The number of nitriles is 1. The molecule has 0 aromatic rings. The Morgan fingerprint density at radius 1 is 1.40 bits per heavy atom. The number of carbonyl (C=O) groups excluding carboxylic acids is 1. The monoisotopic (exact) mass is 208 g/mol. The molecule has 0 aromatic heterocycles. The zero-order valence-corrected chi connectivity index (χ0v) is 10.3. The fourth-order valence-corrected chi connectivity index (χ4v) is 1.70. The zero-order chi connectivity index (χ0) is 12.1. The van der Waals surface area contributed by atoms with Crippen LogP contribution >= 0.6 is 0 Å². The van der Waals surface area contributed by atoms with E-state index in [4.69, 9.17) is 5.26 Å². The molecule has 0 atom stereocenters. The summed E-state index contributed by atoms with van der Waals surface area (Å²) in [5.41, 5.74) is -0.00727. The molecule has 0 aliphatic heterocycles. The van der Waals surface area contributed by atoms with Crippen LogP contribution < -0.4 is 0 Å². The number of ketones is 1. The van der Waals surface area contributed by atoms with Crippen LogP contribution in [0.3, 0.4) is 0 Å². The lowest BCUT2D eigenvalue weighted by molar-refractivity contribution is -0.113. The van der Waals surface area contributed by atoms with Gasteiger partial charge in [0.05, 0.1) is 5.57 Å². The van der Waals surface area contributed by atoms with Gasteiger partial charge in [-0.25, -0.2) is 0 Å². The van der Waals surface area contributed by atoms with Crippen LogP contribution in [0.15, 0.2) is 11.6 Å². The van der Waals surface area contributed by atoms with Crippen molar-refractivity contribution >= 4 is 5.78 Å². The lowest BCUT2D eigenvalue weighted by Gasteiger charge is -2.34. The minimum absolute atomic E-state index is 0.169. The first-order valence-electron chi connectivity index (χ1n) is 5.28. The molecule has 0 heterocycles. The van der Waals surface area contributed by atoms with E-state index >= 15 is 0 Å². The van der Waals surface area contributed by atoms with Gasteiger partial charge in [0.2, 0.25) is 0 Å². The predicted octanol–water partition coefficient (Wildman–Crippen LogP) is 2.15. The summed E-state index contributed by atoms with van der Waals surface area (Å²) in [5.74, 6) is -0.169. The molecule has 0 amide bonds. The molecule has 3 heteroatoms. The maximum Gasteiger partial charge on any atom is 0.170 e. The summed E-state index contributed by atoms with van der Waals surface area (Å²) in [6, 6.07) is 1.95. The summed E-state index contributed by atoms with van der Waals surface area (Å²) in [5, 5.41) is 8.83. The van der Waals surface area contributed by atoms with Crippen molar-refractivity contribution in [2.24, 2.45) is 0 Å². The molecule has 0 aliphatic carbocycles. The highest BCUT2D eigenvalue weighted by molar-refractivity contribution is 5.97. The highest BCUT2D eigenvalue weighted by Crippen LogP contribution is 2.17. The topological polar surface area (TPSA) is 44.1 Å². The fourth-order valence-electron chi connectivity index (χ4n) is 1.70. The minimum Gasteiger partial charge on any atom is -0.295 e. The van der Waals surface area contributed by atoms with Gasteiger partial charge in [-0.2, -0.15) is 5.26 Å². The molecule has 0 spiro atoms. The minimum atomic E-state index is -0.250. The van der Waals surface area contributed by atoms with Gasteiger partial charge >= 0.3 is 0 Å². The summed E-state index contributed by atoms with van der Waals surface area (Å²) < 4.78 is 0. The lowest BCUT2D eigenvalue weighted by atomic mass is 9.97. The van der Waals surface area contributed by atoms with E-state index in [1.165, 1.54) is 6.92 Å². The Labute approximate surface area is 92.4 Å². The number of nitrogens with zero attached hydrogens (tertiary/aromatic N) is 2. The normalized spacial score (nSPS) is 12.7. The van der Waals surface area contributed by atoms with E-state index in [-0.39, 0.29) is 16.9 Å². The number of rotatable bonds is 5. The summed E-state index contributed by atoms with van der Waals surface area (Å²) in [7, 11) is 0. The molecule has 0 unspecified atom stereocenters. The quantitative estimate of drug-likeness (QED) is 0.513. The van der Waals surface area contributed by atoms with Crippen molar-refractivity contribution in [3.8, 4) is 6.07 Å². The molecule has 0 radical (unpaired) electrons. The van der Waals surface area contributed by atoms with Crippen LogP contribution in [-0.2, 0) is 4.79 Å². The summed E-state index contributed by atoms with van der Waals surface area (Å²) >= 11 is 0. The molecule has 0 rings (SSSR count). The SMILES string of the molecule is CCN(CC)C(C)(C)/C=C(/C#N)C(C)=O. The van der Waals surface area contributed by atoms with E-state index in [0.29, 0.717) is 0 Å². The van der Waals surface area contributed by atoms with Crippen molar-refractivity contribution in [3.05, 3.63) is 11.6 Å². The Balaban J connectivity index is 5.04. The van der Waals surface area contributed by atoms with Crippen molar-refractivity contribution in [2.75, 3.05) is 13.1 Å². The third-order valence-electron chi connectivity index (χ3n) is 2.58. The van der Waals surface area contributed by atoms with Gasteiger partial charge in [-0.1, -0.05) is 13.8 Å². The van der Waals surface area contributed by atoms with Crippen LogP contribution in [0.1, 0.15) is 34.6 Å². The van der Waals surface area contributed by atoms with Gasteiger partial charge in [-0.05, 0) is 39.9 Å². The molecule has 84 valence electrons. The molecule has 0 saturated heterocycles. The number of Topliss-reactive ketones (excluding diaryl/α,β-unsaturated/α-hetero) is 1. The summed E-state index contributed by atoms with van der Waals surface area (Å²) in [4.78, 5) is 13.3. The first-order chi connectivity index (χ1) is 6.88. The first-order valence-corrected chi connectivity index (χ1v) is 5.28. The maximum atomic E-state index is 11.1. The van der Waals surface area contributed by atoms with Gasteiger partial charge in [0.1, 0.15) is 6.07 Å². The van der Waals surface area contributed by atoms with Crippen molar-refractivity contribution in [2.45, 2.75) is 40.2 Å². The van der Waals surface area contributed by atoms with Crippen LogP contribution in [0.4, 0.5) is 0 Å². The number of likely N-dealkylation sites (N-methyl/N-ethyl adjacent to an activating group) is 1. The molecule has 0 fully saturated rings. The van der Waals surface area contributed by atoms with E-state index in [1.54, 1.807) is 6.08 Å². The van der Waals surface area contributed by atoms with Crippen molar-refractivity contribution in [3.63, 3.8) is 0 Å². The van der Waals surface area contributed by atoms with Crippen molar-refractivity contribution in [1.29, 1.82) is 5.26 Å². The van der Waals surface area contributed by atoms with Crippen molar-refractivity contribution < 1.29 is 4.79 Å². The Morgan fingerprint density at radius 2 is 1.87 bits per heavy atom. The standard InChI is InChI=1S/C12H20N2O/c1-6-14(7-2)12(4,5)8-11(9-13)10(3)15/h8H,6-7H2,1-5H3/b11-8-. The van der Waals surface area contributed by atoms with E-state index in [9.17, 15) is 4.79 Å². The summed E-state index contributed by atoms with van der Waals surface area (Å²) in [6.07, 6.45) is 1.75. The van der Waals surface area contributed by atoms with E-state index < -0.39 is 0 Å². The smallest absolute Gasteiger partial charge is 0.170 e. The molecule has 3 nitrogen and oxygen atoms in total. The first kappa shape index (κ1) is 13.9. The van der Waals surface area contributed by atoms with Gasteiger partial charge in [-0.3, -0.25) is 9.69 Å². The number of hydrogen-bond donors (Lipinski definition) is 0. The average molecular weight is 208 g/mol. The Hall–Kier alpha value is -1.14. The lowest BCUT2D eigenvalue weighted by Crippen LogP contribution is -2.42. The number of hydrogen-bond acceptors (Lipinski definition) is 3. The Morgan fingerprint density at radius 3 is 2.13 bits per heavy atom. The van der Waals surface area contributed by atoms with Crippen LogP contribution in [0.5, 0.6) is 0 Å². The molecule has 15 heavy (non-hydrogen) atoms. The summed E-state index contributed by atoms with van der Waals surface area (Å²) in [6.45, 7) is 11.4. The second-order valence-electron chi connectivity index (χ2n) is 4.05. The third kappa shape index (κ3) is 3.85. The van der Waals surface area contributed by atoms with Gasteiger partial charge in [0.25, 0.3) is 0 Å². The molecule has 0 aromatic carbocycles. The van der Waals surface area contributed by atoms with E-state index in [2.05, 4.69) is 18.7 Å². The third-order valence-corrected chi connectivity index (χ3v) is 2.58. The van der Waals surface area contributed by atoms with E-state index in [1.807, 2.05) is 19.9 Å². The maximum absolute atomic E-state index is 11.1. The van der Waals surface area contributed by atoms with Crippen LogP contribution in [0.2, 0.25) is 0 Å². The number of carbonyl (C=O) groups is 1. The second kappa shape index (κ2) is 5.67.